The Labute approximate surface area is 111 Å². The molecule has 1 aliphatic heterocycles. The topological polar surface area (TPSA) is 84.3 Å². The van der Waals surface area contributed by atoms with E-state index in [-0.39, 0.29) is 17.5 Å². The van der Waals surface area contributed by atoms with Gasteiger partial charge in [-0.3, -0.25) is 14.9 Å². The van der Waals surface area contributed by atoms with Crippen LogP contribution in [0, 0.1) is 23.0 Å². The van der Waals surface area contributed by atoms with Gasteiger partial charge in [0.25, 0.3) is 5.69 Å². The van der Waals surface area contributed by atoms with Gasteiger partial charge in [-0.15, -0.1) is 0 Å². The monoisotopic (exact) mass is 263 g/mol. The first-order valence-electron chi connectivity index (χ1n) is 6.34. The lowest BCUT2D eigenvalue weighted by Crippen LogP contribution is -2.37. The maximum atomic E-state index is 12.0. The number of carbonyl (C=O) groups excluding carboxylic acids is 1. The van der Waals surface area contributed by atoms with E-state index in [9.17, 15) is 14.9 Å². The summed E-state index contributed by atoms with van der Waals surface area (Å²) in [6.07, 6.45) is 1.83. The highest BCUT2D eigenvalue weighted by Crippen LogP contribution is 2.23. The Morgan fingerprint density at radius 1 is 1.53 bits per heavy atom. The maximum absolute atomic E-state index is 12.0. The van der Waals surface area contributed by atoms with Crippen molar-refractivity contribution in [3.8, 4) is 0 Å². The summed E-state index contributed by atoms with van der Waals surface area (Å²) >= 11 is 0. The molecule has 0 aliphatic carbocycles. The molecule has 0 bridgehead atoms. The number of rotatable bonds is 3. The number of nitrogens with one attached hydrogen (secondary N) is 2. The molecule has 1 fully saturated rings. The first-order chi connectivity index (χ1) is 9.08. The molecule has 0 aromatic heterocycles. The van der Waals surface area contributed by atoms with Crippen LogP contribution < -0.4 is 10.6 Å². The first-order valence-corrected chi connectivity index (χ1v) is 6.34. The Kier molecular flexibility index (Phi) is 4.11. The van der Waals surface area contributed by atoms with Crippen LogP contribution in [0.15, 0.2) is 18.2 Å². The molecule has 1 heterocycles. The average molecular weight is 263 g/mol. The highest BCUT2D eigenvalue weighted by Gasteiger charge is 2.21. The summed E-state index contributed by atoms with van der Waals surface area (Å²) in [5, 5.41) is 16.8. The number of aryl methyl sites for hydroxylation is 1. The predicted molar refractivity (Wildman–Crippen MR) is 72.1 cm³/mol. The molecule has 2 N–H and O–H groups in total. The molecule has 1 aromatic carbocycles. The van der Waals surface area contributed by atoms with Gasteiger partial charge in [0, 0.05) is 23.9 Å². The van der Waals surface area contributed by atoms with Crippen molar-refractivity contribution in [2.24, 2.45) is 5.92 Å². The molecule has 0 spiro atoms. The Balaban J connectivity index is 2.08. The smallest absolute Gasteiger partial charge is 0.274 e. The van der Waals surface area contributed by atoms with E-state index in [0.29, 0.717) is 17.8 Å². The summed E-state index contributed by atoms with van der Waals surface area (Å²) in [6, 6.07) is 4.74. The highest BCUT2D eigenvalue weighted by atomic mass is 16.6. The normalized spacial score (nSPS) is 18.9. The molecule has 1 aliphatic rings. The Morgan fingerprint density at radius 3 is 2.95 bits per heavy atom. The van der Waals surface area contributed by atoms with Crippen LogP contribution in [0.5, 0.6) is 0 Å². The van der Waals surface area contributed by atoms with E-state index < -0.39 is 4.92 Å². The predicted octanol–water partition coefficient (Wildman–Crippen LogP) is 1.84. The van der Waals surface area contributed by atoms with Crippen molar-refractivity contribution in [1.82, 2.24) is 5.32 Å². The van der Waals surface area contributed by atoms with Gasteiger partial charge in [-0.2, -0.15) is 0 Å². The molecule has 2 rings (SSSR count). The zero-order valence-electron chi connectivity index (χ0n) is 10.8. The van der Waals surface area contributed by atoms with Crippen LogP contribution in [0.1, 0.15) is 18.4 Å². The molecule has 6 heteroatoms. The number of hydrogen-bond acceptors (Lipinski definition) is 4. The molecule has 0 saturated carbocycles. The molecule has 1 saturated heterocycles. The molecular formula is C13H17N3O3. The number of anilines is 1. The number of carbonyl (C=O) groups is 1. The van der Waals surface area contributed by atoms with Crippen LogP contribution in [0.3, 0.4) is 0 Å². The number of hydrogen-bond donors (Lipinski definition) is 2. The van der Waals surface area contributed by atoms with Crippen LogP contribution in [0.4, 0.5) is 11.4 Å². The highest BCUT2D eigenvalue weighted by molar-refractivity contribution is 5.93. The molecule has 6 nitrogen and oxygen atoms in total. The molecule has 0 radical (unpaired) electrons. The summed E-state index contributed by atoms with van der Waals surface area (Å²) in [5.74, 6) is -0.139. The van der Waals surface area contributed by atoms with Crippen LogP contribution in [0.25, 0.3) is 0 Å². The zero-order valence-corrected chi connectivity index (χ0v) is 10.8. The minimum atomic E-state index is -0.437. The quantitative estimate of drug-likeness (QED) is 0.643. The van der Waals surface area contributed by atoms with Crippen LogP contribution >= 0.6 is 0 Å². The van der Waals surface area contributed by atoms with Crippen molar-refractivity contribution in [3.05, 3.63) is 33.9 Å². The van der Waals surface area contributed by atoms with Gasteiger partial charge >= 0.3 is 0 Å². The lowest BCUT2D eigenvalue weighted by molar-refractivity contribution is -0.385. The SMILES string of the molecule is Cc1ccc(NC(=O)[C@@H]2CCCNC2)cc1[N+](=O)[O-]. The third-order valence-electron chi connectivity index (χ3n) is 3.34. The summed E-state index contributed by atoms with van der Waals surface area (Å²) in [4.78, 5) is 22.4. The van der Waals surface area contributed by atoms with Gasteiger partial charge < -0.3 is 10.6 Å². The molecule has 1 aromatic rings. The van der Waals surface area contributed by atoms with Gasteiger partial charge in [0.15, 0.2) is 0 Å². The van der Waals surface area contributed by atoms with Gasteiger partial charge in [-0.1, -0.05) is 6.07 Å². The van der Waals surface area contributed by atoms with E-state index in [0.717, 1.165) is 19.4 Å². The second kappa shape index (κ2) is 5.79. The van der Waals surface area contributed by atoms with Crippen LogP contribution in [0.2, 0.25) is 0 Å². The molecule has 1 amide bonds. The molecule has 102 valence electrons. The fraction of sp³-hybridized carbons (Fsp3) is 0.462. The average Bonchev–Trinajstić information content (AvgIpc) is 2.41. The van der Waals surface area contributed by atoms with Crippen LogP contribution in [-0.4, -0.2) is 23.9 Å². The maximum Gasteiger partial charge on any atom is 0.274 e. The minimum Gasteiger partial charge on any atom is -0.326 e. The number of nitro benzene ring substituents is 1. The van der Waals surface area contributed by atoms with E-state index in [1.54, 1.807) is 19.1 Å². The zero-order chi connectivity index (χ0) is 13.8. The van der Waals surface area contributed by atoms with Crippen molar-refractivity contribution in [2.75, 3.05) is 18.4 Å². The lowest BCUT2D eigenvalue weighted by atomic mass is 9.99. The third kappa shape index (κ3) is 3.29. The largest absolute Gasteiger partial charge is 0.326 e. The molecule has 1 atom stereocenters. The molecule has 19 heavy (non-hydrogen) atoms. The van der Waals surface area contributed by atoms with Gasteiger partial charge in [-0.25, -0.2) is 0 Å². The third-order valence-corrected chi connectivity index (χ3v) is 3.34. The summed E-state index contributed by atoms with van der Waals surface area (Å²) in [7, 11) is 0. The number of piperidine rings is 1. The van der Waals surface area contributed by atoms with E-state index in [1.807, 2.05) is 0 Å². The number of nitrogens with zero attached hydrogens (tertiary/aromatic N) is 1. The summed E-state index contributed by atoms with van der Waals surface area (Å²) < 4.78 is 0. The Hall–Kier alpha value is -1.95. The van der Waals surface area contributed by atoms with Crippen molar-refractivity contribution in [2.45, 2.75) is 19.8 Å². The van der Waals surface area contributed by atoms with Crippen molar-refractivity contribution < 1.29 is 9.72 Å². The Bertz CT molecular complexity index is 496. The lowest BCUT2D eigenvalue weighted by Gasteiger charge is -2.21. The second-order valence-electron chi connectivity index (χ2n) is 4.79. The number of amides is 1. The number of nitro groups is 1. The first kappa shape index (κ1) is 13.5. The van der Waals surface area contributed by atoms with Crippen molar-refractivity contribution in [1.29, 1.82) is 0 Å². The van der Waals surface area contributed by atoms with Crippen LogP contribution in [-0.2, 0) is 4.79 Å². The Morgan fingerprint density at radius 2 is 2.32 bits per heavy atom. The van der Waals surface area contributed by atoms with Gasteiger partial charge in [-0.05, 0) is 32.4 Å². The standard InChI is InChI=1S/C13H17N3O3/c1-9-4-5-11(7-12(9)16(18)19)15-13(17)10-3-2-6-14-8-10/h4-5,7,10,14H,2-3,6,8H2,1H3,(H,15,17)/t10-/m1/s1. The second-order valence-corrected chi connectivity index (χ2v) is 4.79. The number of benzene rings is 1. The van der Waals surface area contributed by atoms with Crippen molar-refractivity contribution >= 4 is 17.3 Å². The van der Waals surface area contributed by atoms with Gasteiger partial charge in [0.1, 0.15) is 0 Å². The van der Waals surface area contributed by atoms with E-state index >= 15 is 0 Å². The van der Waals surface area contributed by atoms with E-state index in [1.165, 1.54) is 6.07 Å². The summed E-state index contributed by atoms with van der Waals surface area (Å²) in [6.45, 7) is 3.29. The molecule has 0 unspecified atom stereocenters. The van der Waals surface area contributed by atoms with Gasteiger partial charge in [0.05, 0.1) is 10.8 Å². The van der Waals surface area contributed by atoms with Crippen molar-refractivity contribution in [3.63, 3.8) is 0 Å². The van der Waals surface area contributed by atoms with Gasteiger partial charge in [0.2, 0.25) is 5.91 Å². The fourth-order valence-electron chi connectivity index (χ4n) is 2.20. The molecular weight excluding hydrogens is 246 g/mol. The minimum absolute atomic E-state index is 0.0274. The summed E-state index contributed by atoms with van der Waals surface area (Å²) in [5.41, 5.74) is 1.09. The van der Waals surface area contributed by atoms with E-state index in [4.69, 9.17) is 0 Å². The fourth-order valence-corrected chi connectivity index (χ4v) is 2.20. The van der Waals surface area contributed by atoms with E-state index in [2.05, 4.69) is 10.6 Å².